The van der Waals surface area contributed by atoms with Crippen molar-refractivity contribution in [2.24, 2.45) is 5.73 Å². The standard InChI is InChI=1S/C27H24N4OS2/c1-2-33-23-10-12-34-26(23)24-20(15-28)27(29)31(19-9-6-11-30-16-19)21-13-18(14-22(32)25(21)24)17-7-4-3-5-8-17/h3-12,16,18,24H,2,13-14,29H2,1H3/t18-,24+/m0/s1. The molecule has 0 unspecified atom stereocenters. The summed E-state index contributed by atoms with van der Waals surface area (Å²) in [5.74, 6) is 0.981. The highest BCUT2D eigenvalue weighted by molar-refractivity contribution is 7.99. The Morgan fingerprint density at radius 1 is 1.21 bits per heavy atom. The molecule has 0 amide bonds. The lowest BCUT2D eigenvalue weighted by molar-refractivity contribution is -0.116. The first kappa shape index (κ1) is 22.5. The average Bonchev–Trinajstić information content (AvgIpc) is 3.32. The maximum atomic E-state index is 13.9. The number of anilines is 1. The van der Waals surface area contributed by atoms with Crippen LogP contribution in [0.1, 0.15) is 42.0 Å². The molecule has 5 rings (SSSR count). The maximum absolute atomic E-state index is 13.9. The molecule has 2 aromatic heterocycles. The van der Waals surface area contributed by atoms with Crippen LogP contribution < -0.4 is 10.6 Å². The molecule has 0 bridgehead atoms. The van der Waals surface area contributed by atoms with Gasteiger partial charge in [-0.3, -0.25) is 14.7 Å². The maximum Gasteiger partial charge on any atom is 0.162 e. The number of thiophene rings is 1. The summed E-state index contributed by atoms with van der Waals surface area (Å²) >= 11 is 3.32. The van der Waals surface area contributed by atoms with E-state index in [1.807, 2.05) is 40.6 Å². The third-order valence-corrected chi connectivity index (χ3v) is 8.43. The Balaban J connectivity index is 1.72. The van der Waals surface area contributed by atoms with Gasteiger partial charge in [-0.05, 0) is 47.2 Å². The van der Waals surface area contributed by atoms with Gasteiger partial charge in [-0.15, -0.1) is 23.1 Å². The van der Waals surface area contributed by atoms with Crippen LogP contribution in [-0.2, 0) is 4.79 Å². The van der Waals surface area contributed by atoms with Gasteiger partial charge in [-0.1, -0.05) is 37.3 Å². The van der Waals surface area contributed by atoms with Gasteiger partial charge in [0.05, 0.1) is 29.4 Å². The van der Waals surface area contributed by atoms with E-state index in [0.717, 1.165) is 32.5 Å². The Morgan fingerprint density at radius 2 is 2.03 bits per heavy atom. The molecule has 2 aliphatic rings. The highest BCUT2D eigenvalue weighted by atomic mass is 32.2. The number of hydrogen-bond acceptors (Lipinski definition) is 7. The molecule has 0 spiro atoms. The molecule has 2 atom stereocenters. The van der Waals surface area contributed by atoms with Gasteiger partial charge in [0.25, 0.3) is 0 Å². The molecule has 0 fully saturated rings. The van der Waals surface area contributed by atoms with Crippen LogP contribution >= 0.6 is 23.1 Å². The van der Waals surface area contributed by atoms with E-state index < -0.39 is 5.92 Å². The first-order valence-electron chi connectivity index (χ1n) is 11.2. The summed E-state index contributed by atoms with van der Waals surface area (Å²) in [5.41, 5.74) is 10.6. The molecule has 3 aromatic rings. The van der Waals surface area contributed by atoms with Crippen LogP contribution in [0.25, 0.3) is 0 Å². The Bertz CT molecular complexity index is 1320. The monoisotopic (exact) mass is 484 g/mol. The number of carbonyl (C=O) groups excluding carboxylic acids is 1. The molecule has 3 heterocycles. The van der Waals surface area contributed by atoms with E-state index in [4.69, 9.17) is 5.73 Å². The Labute approximate surface area is 207 Å². The number of rotatable bonds is 5. The van der Waals surface area contributed by atoms with E-state index in [1.165, 1.54) is 0 Å². The van der Waals surface area contributed by atoms with Crippen LogP contribution in [0.3, 0.4) is 0 Å². The molecular weight excluding hydrogens is 460 g/mol. The molecule has 0 radical (unpaired) electrons. The van der Waals surface area contributed by atoms with E-state index in [1.54, 1.807) is 35.5 Å². The van der Waals surface area contributed by atoms with Crippen molar-refractivity contribution >= 4 is 34.6 Å². The smallest absolute Gasteiger partial charge is 0.162 e. The molecule has 34 heavy (non-hydrogen) atoms. The number of nitrogens with two attached hydrogens (primary N) is 1. The van der Waals surface area contributed by atoms with Gasteiger partial charge in [-0.2, -0.15) is 5.26 Å². The van der Waals surface area contributed by atoms with Crippen molar-refractivity contribution in [2.45, 2.75) is 36.5 Å². The summed E-state index contributed by atoms with van der Waals surface area (Å²) in [5, 5.41) is 12.3. The fraction of sp³-hybridized carbons (Fsp3) is 0.222. The number of Topliss-reactive ketones (excluding diaryl/α,β-unsaturated/α-hetero) is 1. The first-order chi connectivity index (χ1) is 16.6. The number of benzene rings is 1. The first-order valence-corrected chi connectivity index (χ1v) is 13.1. The molecule has 5 nitrogen and oxygen atoms in total. The molecule has 1 aliphatic heterocycles. The van der Waals surface area contributed by atoms with Crippen LogP contribution in [-0.4, -0.2) is 16.5 Å². The van der Waals surface area contributed by atoms with Gasteiger partial charge < -0.3 is 5.73 Å². The fourth-order valence-corrected chi connectivity index (χ4v) is 6.98. The number of pyridine rings is 1. The molecular formula is C27H24N4OS2. The summed E-state index contributed by atoms with van der Waals surface area (Å²) in [6, 6.07) is 18.4. The van der Waals surface area contributed by atoms with Crippen LogP contribution in [0.5, 0.6) is 0 Å². The summed E-state index contributed by atoms with van der Waals surface area (Å²) in [7, 11) is 0. The zero-order valence-electron chi connectivity index (χ0n) is 18.8. The van der Waals surface area contributed by atoms with Crippen LogP contribution in [0.2, 0.25) is 0 Å². The number of hydrogen-bond donors (Lipinski definition) is 1. The second-order valence-electron chi connectivity index (χ2n) is 8.27. The van der Waals surface area contributed by atoms with Crippen LogP contribution in [0.15, 0.2) is 93.9 Å². The van der Waals surface area contributed by atoms with Crippen molar-refractivity contribution in [1.29, 1.82) is 5.26 Å². The average molecular weight is 485 g/mol. The normalized spacial score (nSPS) is 20.4. The molecule has 1 aromatic carbocycles. The van der Waals surface area contributed by atoms with Crippen molar-refractivity contribution in [1.82, 2.24) is 4.98 Å². The summed E-state index contributed by atoms with van der Waals surface area (Å²) in [4.78, 5) is 22.1. The predicted molar refractivity (Wildman–Crippen MR) is 137 cm³/mol. The van der Waals surface area contributed by atoms with Gasteiger partial charge in [0.15, 0.2) is 5.78 Å². The minimum atomic E-state index is -0.439. The third kappa shape index (κ3) is 3.83. The van der Waals surface area contributed by atoms with E-state index in [0.29, 0.717) is 29.8 Å². The summed E-state index contributed by atoms with van der Waals surface area (Å²) < 4.78 is 0. The SMILES string of the molecule is CCSc1ccsc1[C@@H]1C(C#N)=C(N)N(c2cccnc2)C2=C1C(=O)C[C@@H](c1ccccc1)C2. The lowest BCUT2D eigenvalue weighted by atomic mass is 9.73. The van der Waals surface area contributed by atoms with Crippen molar-refractivity contribution in [3.63, 3.8) is 0 Å². The zero-order chi connectivity index (χ0) is 23.7. The second-order valence-corrected chi connectivity index (χ2v) is 10.5. The lowest BCUT2D eigenvalue weighted by Gasteiger charge is -2.41. The topological polar surface area (TPSA) is 83.0 Å². The highest BCUT2D eigenvalue weighted by Gasteiger charge is 2.44. The van der Waals surface area contributed by atoms with Crippen molar-refractivity contribution in [2.75, 3.05) is 10.7 Å². The van der Waals surface area contributed by atoms with E-state index in [-0.39, 0.29) is 11.7 Å². The fourth-order valence-electron chi connectivity index (χ4n) is 4.93. The van der Waals surface area contributed by atoms with E-state index in [9.17, 15) is 10.1 Å². The molecule has 0 saturated carbocycles. The Morgan fingerprint density at radius 3 is 2.74 bits per heavy atom. The highest BCUT2D eigenvalue weighted by Crippen LogP contribution is 2.51. The van der Waals surface area contributed by atoms with E-state index >= 15 is 0 Å². The predicted octanol–water partition coefficient (Wildman–Crippen LogP) is 5.95. The minimum Gasteiger partial charge on any atom is -0.384 e. The zero-order valence-corrected chi connectivity index (χ0v) is 20.4. The number of nitrogens with zero attached hydrogens (tertiary/aromatic N) is 3. The number of carbonyl (C=O) groups is 1. The van der Waals surface area contributed by atoms with Gasteiger partial charge in [0.1, 0.15) is 5.82 Å². The summed E-state index contributed by atoms with van der Waals surface area (Å²) in [6.45, 7) is 2.10. The van der Waals surface area contributed by atoms with Crippen LogP contribution in [0, 0.1) is 11.3 Å². The van der Waals surface area contributed by atoms with E-state index in [2.05, 4.69) is 36.2 Å². The number of nitriles is 1. The third-order valence-electron chi connectivity index (χ3n) is 6.36. The number of aromatic nitrogens is 1. The largest absolute Gasteiger partial charge is 0.384 e. The minimum absolute atomic E-state index is 0.0523. The van der Waals surface area contributed by atoms with Gasteiger partial charge in [-0.25, -0.2) is 0 Å². The molecule has 0 saturated heterocycles. The number of thioether (sulfide) groups is 1. The van der Waals surface area contributed by atoms with Crippen molar-refractivity contribution in [3.8, 4) is 6.07 Å². The van der Waals surface area contributed by atoms with Crippen LogP contribution in [0.4, 0.5) is 5.69 Å². The Hall–Kier alpha value is -3.34. The molecule has 7 heteroatoms. The molecule has 1 aliphatic carbocycles. The van der Waals surface area contributed by atoms with Crippen molar-refractivity contribution < 1.29 is 4.79 Å². The molecule has 170 valence electrons. The quantitative estimate of drug-likeness (QED) is 0.450. The second kappa shape index (κ2) is 9.49. The summed E-state index contributed by atoms with van der Waals surface area (Å²) in [6.07, 6.45) is 4.51. The van der Waals surface area contributed by atoms with Crippen molar-refractivity contribution in [3.05, 3.63) is 99.4 Å². The van der Waals surface area contributed by atoms with Gasteiger partial charge in [0, 0.05) is 33.7 Å². The number of ketones is 1. The Kier molecular flexibility index (Phi) is 6.27. The number of allylic oxidation sites excluding steroid dienone is 3. The van der Waals surface area contributed by atoms with Gasteiger partial charge >= 0.3 is 0 Å². The van der Waals surface area contributed by atoms with Gasteiger partial charge in [0.2, 0.25) is 0 Å². The molecule has 2 N–H and O–H groups in total. The lowest BCUT2D eigenvalue weighted by Crippen LogP contribution is -2.40.